The average Bonchev–Trinajstić information content (AvgIpc) is 3.25. The van der Waals surface area contributed by atoms with Crippen LogP contribution in [-0.2, 0) is 0 Å². The molecule has 0 radical (unpaired) electrons. The lowest BCUT2D eigenvalue weighted by atomic mass is 10.1. The van der Waals surface area contributed by atoms with E-state index in [0.29, 0.717) is 34.1 Å². The third kappa shape index (κ3) is 3.19. The molecule has 1 amide bonds. The minimum absolute atomic E-state index is 0.209. The Bertz CT molecular complexity index is 1040. The van der Waals surface area contributed by atoms with E-state index in [0.717, 1.165) is 5.56 Å². The molecule has 1 N–H and O–H groups in total. The Balaban J connectivity index is 1.57. The molecule has 1 atom stereocenters. The van der Waals surface area contributed by atoms with Gasteiger partial charge in [0.25, 0.3) is 5.91 Å². The first kappa shape index (κ1) is 18.0. The van der Waals surface area contributed by atoms with Crippen molar-refractivity contribution in [3.63, 3.8) is 0 Å². The smallest absolute Gasteiger partial charge is 0.255 e. The number of nitrogens with zero attached hydrogens (tertiary/aromatic N) is 2. The van der Waals surface area contributed by atoms with Gasteiger partial charge in [-0.1, -0.05) is 6.07 Å². The van der Waals surface area contributed by atoms with Crippen LogP contribution in [-0.4, -0.2) is 22.5 Å². The molecular weight excluding hydrogens is 361 g/mol. The van der Waals surface area contributed by atoms with Crippen molar-refractivity contribution in [2.24, 2.45) is 0 Å². The summed E-state index contributed by atoms with van der Waals surface area (Å²) in [5.74, 6) is 0.846. The molecule has 0 bridgehead atoms. The number of carbonyl (C=O) groups is 1. The van der Waals surface area contributed by atoms with Crippen molar-refractivity contribution in [1.82, 2.24) is 15.1 Å². The van der Waals surface area contributed by atoms with Crippen LogP contribution in [0.2, 0.25) is 0 Å². The Morgan fingerprint density at radius 3 is 2.61 bits per heavy atom. The summed E-state index contributed by atoms with van der Waals surface area (Å²) in [6, 6.07) is 11.4. The molecule has 28 heavy (non-hydrogen) atoms. The summed E-state index contributed by atoms with van der Waals surface area (Å²) >= 11 is 0. The molecule has 1 unspecified atom stereocenters. The number of hydrogen-bond donors (Lipinski definition) is 1. The summed E-state index contributed by atoms with van der Waals surface area (Å²) in [6.45, 7) is 5.72. The van der Waals surface area contributed by atoms with Crippen molar-refractivity contribution in [1.29, 1.82) is 0 Å². The van der Waals surface area contributed by atoms with E-state index >= 15 is 0 Å². The zero-order valence-corrected chi connectivity index (χ0v) is 15.8. The van der Waals surface area contributed by atoms with Crippen LogP contribution in [0.15, 0.2) is 42.5 Å². The predicted molar refractivity (Wildman–Crippen MR) is 101 cm³/mol. The number of aryl methyl sites for hydroxylation is 1. The minimum Gasteiger partial charge on any atom is -0.454 e. The molecule has 1 aliphatic rings. The standard InChI is InChI=1S/C21H20FN3O3/c1-12(15-4-9-18-19(10-15)28-11-27-18)23-21(26)20-13(2)24-25(14(20)3)17-7-5-16(22)6-8-17/h4-10,12H,11H2,1-3H3,(H,23,26). The Labute approximate surface area is 161 Å². The van der Waals surface area contributed by atoms with Gasteiger partial charge in [0.1, 0.15) is 5.82 Å². The first-order valence-corrected chi connectivity index (χ1v) is 8.96. The number of halogens is 1. The predicted octanol–water partition coefficient (Wildman–Crippen LogP) is 3.85. The highest BCUT2D eigenvalue weighted by atomic mass is 19.1. The summed E-state index contributed by atoms with van der Waals surface area (Å²) in [7, 11) is 0. The molecule has 0 spiro atoms. The number of rotatable bonds is 4. The third-order valence-corrected chi connectivity index (χ3v) is 4.83. The van der Waals surface area contributed by atoms with E-state index in [2.05, 4.69) is 10.4 Å². The number of aromatic nitrogens is 2. The molecule has 0 aliphatic carbocycles. The highest BCUT2D eigenvalue weighted by Gasteiger charge is 2.22. The number of carbonyl (C=O) groups excluding carboxylic acids is 1. The Hall–Kier alpha value is -3.35. The van der Waals surface area contributed by atoms with Gasteiger partial charge >= 0.3 is 0 Å². The fraction of sp³-hybridized carbons (Fsp3) is 0.238. The fourth-order valence-corrected chi connectivity index (χ4v) is 3.34. The van der Waals surface area contributed by atoms with Crippen LogP contribution in [0.5, 0.6) is 11.5 Å². The molecule has 1 aliphatic heterocycles. The highest BCUT2D eigenvalue weighted by Crippen LogP contribution is 2.34. The molecule has 1 aromatic heterocycles. The topological polar surface area (TPSA) is 65.4 Å². The number of hydrogen-bond acceptors (Lipinski definition) is 4. The van der Waals surface area contributed by atoms with Gasteiger partial charge in [-0.3, -0.25) is 4.79 Å². The SMILES string of the molecule is Cc1nn(-c2ccc(F)cc2)c(C)c1C(=O)NC(C)c1ccc2c(c1)OCO2. The van der Waals surface area contributed by atoms with Gasteiger partial charge in [0.15, 0.2) is 11.5 Å². The maximum absolute atomic E-state index is 13.2. The molecule has 2 aromatic carbocycles. The lowest BCUT2D eigenvalue weighted by Gasteiger charge is -2.15. The molecule has 4 rings (SSSR count). The lowest BCUT2D eigenvalue weighted by Crippen LogP contribution is -2.27. The second kappa shape index (κ2) is 6.99. The number of nitrogens with one attached hydrogen (secondary N) is 1. The number of ether oxygens (including phenoxy) is 2. The highest BCUT2D eigenvalue weighted by molar-refractivity contribution is 5.96. The molecule has 0 saturated carbocycles. The van der Waals surface area contributed by atoms with Crippen LogP contribution in [0.1, 0.15) is 40.3 Å². The van der Waals surface area contributed by atoms with Crippen LogP contribution in [0.3, 0.4) is 0 Å². The number of amides is 1. The van der Waals surface area contributed by atoms with Gasteiger partial charge in [0, 0.05) is 0 Å². The quantitative estimate of drug-likeness (QED) is 0.746. The maximum atomic E-state index is 13.2. The molecule has 0 saturated heterocycles. The van der Waals surface area contributed by atoms with Crippen molar-refractivity contribution in [3.05, 3.63) is 70.8 Å². The van der Waals surface area contributed by atoms with Gasteiger partial charge in [-0.15, -0.1) is 0 Å². The minimum atomic E-state index is -0.319. The summed E-state index contributed by atoms with van der Waals surface area (Å²) in [6.07, 6.45) is 0. The first-order valence-electron chi connectivity index (χ1n) is 8.96. The zero-order valence-electron chi connectivity index (χ0n) is 15.8. The second-order valence-electron chi connectivity index (χ2n) is 6.74. The number of benzene rings is 2. The molecule has 2 heterocycles. The van der Waals surface area contributed by atoms with Crippen LogP contribution in [0.4, 0.5) is 4.39 Å². The van der Waals surface area contributed by atoms with Gasteiger partial charge in [0.05, 0.1) is 28.7 Å². The Morgan fingerprint density at radius 1 is 1.14 bits per heavy atom. The van der Waals surface area contributed by atoms with Crippen LogP contribution < -0.4 is 14.8 Å². The van der Waals surface area contributed by atoms with Gasteiger partial charge in [-0.05, 0) is 62.7 Å². The van der Waals surface area contributed by atoms with E-state index in [1.54, 1.807) is 23.7 Å². The average molecular weight is 381 g/mol. The lowest BCUT2D eigenvalue weighted by molar-refractivity contribution is 0.0938. The summed E-state index contributed by atoms with van der Waals surface area (Å²) in [4.78, 5) is 12.9. The van der Waals surface area contributed by atoms with Crippen molar-refractivity contribution < 1.29 is 18.7 Å². The molecular formula is C21H20FN3O3. The molecule has 7 heteroatoms. The zero-order chi connectivity index (χ0) is 19.8. The van der Waals surface area contributed by atoms with E-state index in [1.165, 1.54) is 12.1 Å². The Kier molecular flexibility index (Phi) is 4.50. The van der Waals surface area contributed by atoms with Crippen LogP contribution in [0.25, 0.3) is 5.69 Å². The van der Waals surface area contributed by atoms with Crippen LogP contribution in [0, 0.1) is 19.7 Å². The van der Waals surface area contributed by atoms with Gasteiger partial charge < -0.3 is 14.8 Å². The number of fused-ring (bicyclic) bond motifs is 1. The normalized spacial score (nSPS) is 13.4. The van der Waals surface area contributed by atoms with E-state index in [9.17, 15) is 9.18 Å². The molecule has 0 fully saturated rings. The molecule has 144 valence electrons. The van der Waals surface area contributed by atoms with Gasteiger partial charge in [-0.25, -0.2) is 9.07 Å². The monoisotopic (exact) mass is 381 g/mol. The molecule has 3 aromatic rings. The van der Waals surface area contributed by atoms with Gasteiger partial charge in [0.2, 0.25) is 6.79 Å². The van der Waals surface area contributed by atoms with Crippen molar-refractivity contribution in [2.75, 3.05) is 6.79 Å². The van der Waals surface area contributed by atoms with E-state index in [4.69, 9.17) is 9.47 Å². The molecule has 6 nitrogen and oxygen atoms in total. The van der Waals surface area contributed by atoms with Crippen molar-refractivity contribution in [3.8, 4) is 17.2 Å². The first-order chi connectivity index (χ1) is 13.4. The second-order valence-corrected chi connectivity index (χ2v) is 6.74. The summed E-state index contributed by atoms with van der Waals surface area (Å²) in [5.41, 5.74) is 3.43. The van der Waals surface area contributed by atoms with E-state index < -0.39 is 0 Å². The van der Waals surface area contributed by atoms with E-state index in [1.807, 2.05) is 32.0 Å². The Morgan fingerprint density at radius 2 is 1.86 bits per heavy atom. The third-order valence-electron chi connectivity index (χ3n) is 4.83. The summed E-state index contributed by atoms with van der Waals surface area (Å²) < 4.78 is 25.6. The van der Waals surface area contributed by atoms with Gasteiger partial charge in [-0.2, -0.15) is 5.10 Å². The van der Waals surface area contributed by atoms with E-state index in [-0.39, 0.29) is 24.6 Å². The van der Waals surface area contributed by atoms with Crippen molar-refractivity contribution >= 4 is 5.91 Å². The van der Waals surface area contributed by atoms with Crippen molar-refractivity contribution in [2.45, 2.75) is 26.8 Å². The largest absolute Gasteiger partial charge is 0.454 e. The fourth-order valence-electron chi connectivity index (χ4n) is 3.34. The summed E-state index contributed by atoms with van der Waals surface area (Å²) in [5, 5.41) is 7.47. The maximum Gasteiger partial charge on any atom is 0.255 e. The van der Waals surface area contributed by atoms with Crippen LogP contribution >= 0.6 is 0 Å².